The predicted molar refractivity (Wildman–Crippen MR) is 113 cm³/mol. The van der Waals surface area contributed by atoms with Crippen LogP contribution in [0.1, 0.15) is 73.2 Å². The standard InChI is InChI=1S/C23H28F2N2O4S/c24-19-9-20(31-21-15-6-13-7-16(21)12-23(25,10-13)11-15)17(14-2-3-14)8-18(19)22(28)26-32(29,30)27-4-1-5-27/h8-9,13-16,21H,1-7,10-12H2,(H,26,28). The second kappa shape index (κ2) is 7.13. The minimum atomic E-state index is -3.95. The summed E-state index contributed by atoms with van der Waals surface area (Å²) in [5.74, 6) is -0.442. The third-order valence-electron chi connectivity index (χ3n) is 8.11. The van der Waals surface area contributed by atoms with Crippen molar-refractivity contribution in [3.63, 3.8) is 0 Å². The smallest absolute Gasteiger partial charge is 0.304 e. The Hall–Kier alpha value is -1.74. The van der Waals surface area contributed by atoms with Gasteiger partial charge in [-0.15, -0.1) is 0 Å². The van der Waals surface area contributed by atoms with Crippen LogP contribution in [-0.4, -0.2) is 43.5 Å². The van der Waals surface area contributed by atoms with Gasteiger partial charge < -0.3 is 4.74 Å². The van der Waals surface area contributed by atoms with Crippen LogP contribution in [0.4, 0.5) is 8.78 Å². The van der Waals surface area contributed by atoms with Gasteiger partial charge >= 0.3 is 10.2 Å². The molecule has 0 radical (unpaired) electrons. The molecule has 0 spiro atoms. The van der Waals surface area contributed by atoms with Crippen LogP contribution < -0.4 is 9.46 Å². The topological polar surface area (TPSA) is 75.7 Å². The van der Waals surface area contributed by atoms with Crippen molar-refractivity contribution in [3.05, 3.63) is 29.1 Å². The first-order valence-corrected chi connectivity index (χ1v) is 13.2. The largest absolute Gasteiger partial charge is 0.489 e. The Bertz CT molecular complexity index is 1050. The van der Waals surface area contributed by atoms with Gasteiger partial charge in [-0.2, -0.15) is 12.7 Å². The van der Waals surface area contributed by atoms with E-state index in [9.17, 15) is 13.2 Å². The lowest BCUT2D eigenvalue weighted by Gasteiger charge is -2.56. The number of hydrogen-bond donors (Lipinski definition) is 1. The Morgan fingerprint density at radius 2 is 1.81 bits per heavy atom. The van der Waals surface area contributed by atoms with Crippen LogP contribution >= 0.6 is 0 Å². The molecule has 7 rings (SSSR count). The normalized spacial score (nSPS) is 36.1. The van der Waals surface area contributed by atoms with Gasteiger partial charge in [-0.25, -0.2) is 13.5 Å². The van der Waals surface area contributed by atoms with Gasteiger partial charge in [0.15, 0.2) is 0 Å². The fraction of sp³-hybridized carbons (Fsp3) is 0.696. The molecule has 6 fully saturated rings. The lowest BCUT2D eigenvalue weighted by Crippen LogP contribution is -2.56. The van der Waals surface area contributed by atoms with E-state index in [4.69, 9.17) is 4.74 Å². The van der Waals surface area contributed by atoms with Crippen molar-refractivity contribution in [2.75, 3.05) is 13.1 Å². The lowest BCUT2D eigenvalue weighted by molar-refractivity contribution is -0.134. The molecule has 1 aromatic carbocycles. The maximum atomic E-state index is 15.0. The van der Waals surface area contributed by atoms with Crippen LogP contribution in [0, 0.1) is 23.6 Å². The molecule has 2 atom stereocenters. The van der Waals surface area contributed by atoms with Crippen LogP contribution in [0.25, 0.3) is 0 Å². The molecule has 32 heavy (non-hydrogen) atoms. The third-order valence-corrected chi connectivity index (χ3v) is 9.60. The van der Waals surface area contributed by atoms with Crippen LogP contribution in [-0.2, 0) is 10.2 Å². The summed E-state index contributed by atoms with van der Waals surface area (Å²) >= 11 is 0. The monoisotopic (exact) mass is 466 g/mol. The van der Waals surface area contributed by atoms with Crippen LogP contribution in [0.15, 0.2) is 12.1 Å². The van der Waals surface area contributed by atoms with E-state index < -0.39 is 27.6 Å². The number of carbonyl (C=O) groups is 1. The van der Waals surface area contributed by atoms with Crippen LogP contribution in [0.3, 0.4) is 0 Å². The zero-order chi connectivity index (χ0) is 22.3. The van der Waals surface area contributed by atoms with Gasteiger partial charge in [0, 0.05) is 19.2 Å². The summed E-state index contributed by atoms with van der Waals surface area (Å²) in [4.78, 5) is 12.6. The highest BCUT2D eigenvalue weighted by atomic mass is 32.2. The molecule has 6 nitrogen and oxygen atoms in total. The first kappa shape index (κ1) is 20.8. The highest BCUT2D eigenvalue weighted by molar-refractivity contribution is 7.87. The molecule has 6 aliphatic rings. The molecule has 1 aromatic rings. The van der Waals surface area contributed by atoms with Crippen molar-refractivity contribution >= 4 is 16.1 Å². The van der Waals surface area contributed by atoms with E-state index in [1.165, 1.54) is 12.1 Å². The second-order valence-electron chi connectivity index (χ2n) is 10.5. The van der Waals surface area contributed by atoms with E-state index in [0.717, 1.165) is 42.0 Å². The minimum Gasteiger partial charge on any atom is -0.489 e. The molecule has 9 heteroatoms. The quantitative estimate of drug-likeness (QED) is 0.694. The summed E-state index contributed by atoms with van der Waals surface area (Å²) in [5, 5.41) is 0. The third kappa shape index (κ3) is 3.52. The summed E-state index contributed by atoms with van der Waals surface area (Å²) in [6.45, 7) is 0.714. The SMILES string of the molecule is O=C(NS(=O)(=O)N1CCC1)c1cc(C2CC2)c(OC2C3CC4CC2CC(F)(C4)C3)cc1F. The van der Waals surface area contributed by atoms with E-state index in [1.54, 1.807) is 0 Å². The van der Waals surface area contributed by atoms with Crippen LogP contribution in [0.5, 0.6) is 5.75 Å². The van der Waals surface area contributed by atoms with Crippen molar-refractivity contribution in [1.29, 1.82) is 0 Å². The van der Waals surface area contributed by atoms with Crippen molar-refractivity contribution < 1.29 is 26.7 Å². The van der Waals surface area contributed by atoms with Crippen LogP contribution in [0.2, 0.25) is 0 Å². The zero-order valence-electron chi connectivity index (χ0n) is 17.9. The van der Waals surface area contributed by atoms with Gasteiger partial charge in [0.1, 0.15) is 23.3 Å². The number of carbonyl (C=O) groups excluding carboxylic acids is 1. The number of halogens is 2. The molecule has 2 unspecified atom stereocenters. The highest BCUT2D eigenvalue weighted by Gasteiger charge is 2.57. The Kier molecular flexibility index (Phi) is 4.64. The molecular weight excluding hydrogens is 438 g/mol. The number of hydrogen-bond acceptors (Lipinski definition) is 4. The van der Waals surface area contributed by atoms with Gasteiger partial charge in [0.05, 0.1) is 5.56 Å². The van der Waals surface area contributed by atoms with Crippen molar-refractivity contribution in [3.8, 4) is 5.75 Å². The number of ether oxygens (including phenoxy) is 1. The maximum Gasteiger partial charge on any atom is 0.304 e. The lowest BCUT2D eigenvalue weighted by atomic mass is 9.53. The van der Waals surface area contributed by atoms with Gasteiger partial charge in [-0.1, -0.05) is 0 Å². The summed E-state index contributed by atoms with van der Waals surface area (Å²) < 4.78 is 64.1. The molecule has 1 amide bonds. The summed E-state index contributed by atoms with van der Waals surface area (Å²) in [5.41, 5.74) is -0.594. The summed E-state index contributed by atoms with van der Waals surface area (Å²) in [6, 6.07) is 2.69. The average molecular weight is 467 g/mol. The number of alkyl halides is 1. The van der Waals surface area contributed by atoms with E-state index >= 15 is 8.78 Å². The van der Waals surface area contributed by atoms with Gasteiger partial charge in [0.25, 0.3) is 5.91 Å². The van der Waals surface area contributed by atoms with Gasteiger partial charge in [-0.05, 0) is 86.7 Å². The van der Waals surface area contributed by atoms with Crippen molar-refractivity contribution in [2.45, 2.75) is 69.1 Å². The molecular formula is C23H28F2N2O4S. The first-order valence-electron chi connectivity index (χ1n) is 11.7. The van der Waals surface area contributed by atoms with E-state index in [1.807, 2.05) is 4.72 Å². The Morgan fingerprint density at radius 1 is 1.12 bits per heavy atom. The zero-order valence-corrected chi connectivity index (χ0v) is 18.7. The molecule has 1 heterocycles. The fourth-order valence-electron chi connectivity index (χ4n) is 6.54. The molecule has 0 aromatic heterocycles. The number of nitrogens with zero attached hydrogens (tertiary/aromatic N) is 1. The average Bonchev–Trinajstić information content (AvgIpc) is 3.46. The molecule has 1 aliphatic heterocycles. The fourth-order valence-corrected chi connectivity index (χ4v) is 7.76. The van der Waals surface area contributed by atoms with E-state index in [-0.39, 0.29) is 29.4 Å². The maximum absolute atomic E-state index is 15.0. The molecule has 1 N–H and O–H groups in total. The second-order valence-corrected chi connectivity index (χ2v) is 12.2. The molecule has 5 saturated carbocycles. The number of nitrogens with one attached hydrogen (secondary N) is 1. The Labute approximate surface area is 186 Å². The minimum absolute atomic E-state index is 0.126. The highest BCUT2D eigenvalue weighted by Crippen LogP contribution is 2.58. The first-order chi connectivity index (χ1) is 15.2. The Balaban J connectivity index is 1.26. The molecule has 174 valence electrons. The number of benzene rings is 1. The molecule has 4 bridgehead atoms. The molecule has 5 aliphatic carbocycles. The van der Waals surface area contributed by atoms with Gasteiger partial charge in [-0.3, -0.25) is 4.79 Å². The Morgan fingerprint density at radius 3 is 2.38 bits per heavy atom. The summed E-state index contributed by atoms with van der Waals surface area (Å²) in [7, 11) is -3.95. The van der Waals surface area contributed by atoms with E-state index in [0.29, 0.717) is 44.0 Å². The number of amides is 1. The van der Waals surface area contributed by atoms with Crippen molar-refractivity contribution in [2.24, 2.45) is 17.8 Å². The van der Waals surface area contributed by atoms with E-state index in [2.05, 4.69) is 0 Å². The predicted octanol–water partition coefficient (Wildman–Crippen LogP) is 3.68. The summed E-state index contributed by atoms with van der Waals surface area (Å²) in [6.07, 6.45) is 6.07. The van der Waals surface area contributed by atoms with Gasteiger partial charge in [0.2, 0.25) is 0 Å². The van der Waals surface area contributed by atoms with Crippen molar-refractivity contribution in [1.82, 2.24) is 9.03 Å². The number of rotatable bonds is 6. The molecule has 1 saturated heterocycles.